The first-order chi connectivity index (χ1) is 14.0. The van der Waals surface area contributed by atoms with Gasteiger partial charge in [0.05, 0.1) is 11.0 Å². The summed E-state index contributed by atoms with van der Waals surface area (Å²) in [4.78, 5) is 12.1. The van der Waals surface area contributed by atoms with Crippen molar-refractivity contribution in [3.63, 3.8) is 0 Å². The van der Waals surface area contributed by atoms with E-state index in [1.807, 2.05) is 56.3 Å². The van der Waals surface area contributed by atoms with Gasteiger partial charge in [-0.1, -0.05) is 49.3 Å². The van der Waals surface area contributed by atoms with E-state index in [0.29, 0.717) is 13.0 Å². The van der Waals surface area contributed by atoms with Gasteiger partial charge in [-0.2, -0.15) is 0 Å². The summed E-state index contributed by atoms with van der Waals surface area (Å²) in [5.41, 5.74) is 3.20. The quantitative estimate of drug-likeness (QED) is 0.551. The van der Waals surface area contributed by atoms with Crippen LogP contribution in [0.15, 0.2) is 59.1 Å². The molecule has 2 aromatic carbocycles. The van der Waals surface area contributed by atoms with Crippen LogP contribution in [0, 0.1) is 5.92 Å². The Morgan fingerprint density at radius 1 is 1.10 bits per heavy atom. The van der Waals surface area contributed by atoms with Crippen molar-refractivity contribution in [3.05, 3.63) is 60.4 Å². The second-order valence-electron chi connectivity index (χ2n) is 8.19. The number of carbonyl (C=O) groups is 1. The molecule has 150 valence electrons. The highest BCUT2D eigenvalue weighted by molar-refractivity contribution is 5.83. The van der Waals surface area contributed by atoms with Crippen LogP contribution in [-0.2, 0) is 14.9 Å². The number of phenols is 1. The van der Waals surface area contributed by atoms with E-state index in [2.05, 4.69) is 5.16 Å². The van der Waals surface area contributed by atoms with Gasteiger partial charge in [0.1, 0.15) is 18.1 Å². The molecule has 0 saturated heterocycles. The van der Waals surface area contributed by atoms with Gasteiger partial charge in [-0.05, 0) is 48.6 Å². The van der Waals surface area contributed by atoms with Crippen molar-refractivity contribution < 1.29 is 19.2 Å². The van der Waals surface area contributed by atoms with E-state index < -0.39 is 0 Å². The van der Waals surface area contributed by atoms with Gasteiger partial charge in [0, 0.05) is 12.0 Å². The number of hydrogen-bond donors (Lipinski definition) is 1. The van der Waals surface area contributed by atoms with E-state index >= 15 is 0 Å². The number of esters is 1. The second kappa shape index (κ2) is 7.74. The fourth-order valence-corrected chi connectivity index (χ4v) is 3.54. The van der Waals surface area contributed by atoms with Gasteiger partial charge < -0.3 is 14.4 Å². The molecular weight excluding hydrogens is 366 g/mol. The van der Waals surface area contributed by atoms with Crippen LogP contribution in [0.25, 0.3) is 22.4 Å². The maximum Gasteiger partial charge on any atom is 0.306 e. The fourth-order valence-electron chi connectivity index (χ4n) is 3.54. The molecule has 0 unspecified atom stereocenters. The van der Waals surface area contributed by atoms with Crippen molar-refractivity contribution >= 4 is 5.97 Å². The van der Waals surface area contributed by atoms with E-state index in [0.717, 1.165) is 41.0 Å². The molecule has 5 heteroatoms. The number of nitrogens with zero attached hydrogens (tertiary/aromatic N) is 1. The number of aromatic hydroxyl groups is 1. The molecule has 0 bridgehead atoms. The predicted octanol–water partition coefficient (Wildman–Crippen LogP) is 5.34. The molecule has 0 amide bonds. The second-order valence-corrected chi connectivity index (χ2v) is 8.19. The summed E-state index contributed by atoms with van der Waals surface area (Å²) in [5.74, 6) is 1.06. The van der Waals surface area contributed by atoms with Crippen LogP contribution in [-0.4, -0.2) is 22.8 Å². The minimum Gasteiger partial charge on any atom is -0.508 e. The molecule has 0 spiro atoms. The number of hydrogen-bond acceptors (Lipinski definition) is 5. The normalized spacial score (nSPS) is 14.7. The summed E-state index contributed by atoms with van der Waals surface area (Å²) in [6, 6.07) is 16.9. The topological polar surface area (TPSA) is 72.6 Å². The molecule has 1 saturated carbocycles. The fraction of sp³-hybridized carbons (Fsp3) is 0.333. The zero-order chi connectivity index (χ0) is 20.4. The van der Waals surface area contributed by atoms with Crippen molar-refractivity contribution in [3.8, 4) is 28.1 Å². The first-order valence-electron chi connectivity index (χ1n) is 9.99. The number of ether oxygens (including phenoxy) is 1. The first kappa shape index (κ1) is 19.2. The number of benzene rings is 2. The number of carbonyl (C=O) groups excluding carboxylic acids is 1. The van der Waals surface area contributed by atoms with Crippen molar-refractivity contribution in [1.82, 2.24) is 5.16 Å². The average molecular weight is 391 g/mol. The zero-order valence-electron chi connectivity index (χ0n) is 16.7. The summed E-state index contributed by atoms with van der Waals surface area (Å²) in [6.45, 7) is 4.31. The third-order valence-electron chi connectivity index (χ3n) is 5.31. The third kappa shape index (κ3) is 4.04. The SMILES string of the molecule is CC(C)CC(=O)OCC1(c2onc(-c3ccc(O)cc3)c2-c2ccccc2)CC1. The monoisotopic (exact) mass is 391 g/mol. The Morgan fingerprint density at radius 3 is 2.41 bits per heavy atom. The first-order valence-corrected chi connectivity index (χ1v) is 9.99. The van der Waals surface area contributed by atoms with Crippen LogP contribution < -0.4 is 0 Å². The molecule has 1 aromatic heterocycles. The average Bonchev–Trinajstić information content (AvgIpc) is 3.37. The van der Waals surface area contributed by atoms with Crippen LogP contribution in [0.2, 0.25) is 0 Å². The lowest BCUT2D eigenvalue weighted by Gasteiger charge is -2.15. The van der Waals surface area contributed by atoms with Crippen molar-refractivity contribution in [2.24, 2.45) is 5.92 Å². The third-order valence-corrected chi connectivity index (χ3v) is 5.31. The molecule has 3 aromatic rings. The summed E-state index contributed by atoms with van der Waals surface area (Å²) >= 11 is 0. The van der Waals surface area contributed by atoms with Gasteiger partial charge in [0.2, 0.25) is 0 Å². The molecule has 1 heterocycles. The van der Waals surface area contributed by atoms with E-state index in [1.54, 1.807) is 12.1 Å². The van der Waals surface area contributed by atoms with Crippen LogP contribution >= 0.6 is 0 Å². The van der Waals surface area contributed by atoms with Crippen LogP contribution in [0.5, 0.6) is 5.75 Å². The molecule has 5 nitrogen and oxygen atoms in total. The van der Waals surface area contributed by atoms with E-state index in [9.17, 15) is 9.90 Å². The van der Waals surface area contributed by atoms with Gasteiger partial charge in [-0.3, -0.25) is 4.79 Å². The zero-order valence-corrected chi connectivity index (χ0v) is 16.7. The lowest BCUT2D eigenvalue weighted by Crippen LogP contribution is -2.19. The highest BCUT2D eigenvalue weighted by atomic mass is 16.5. The van der Waals surface area contributed by atoms with Gasteiger partial charge in [-0.25, -0.2) is 0 Å². The Kier molecular flexibility index (Phi) is 5.14. The molecule has 4 rings (SSSR count). The standard InChI is InChI=1S/C24H25NO4/c1-16(2)14-20(27)28-15-24(12-13-24)23-21(17-6-4-3-5-7-17)22(25-29-23)18-8-10-19(26)11-9-18/h3-11,16,26H,12-15H2,1-2H3. The summed E-state index contributed by atoms with van der Waals surface area (Å²) in [5, 5.41) is 14.0. The van der Waals surface area contributed by atoms with Gasteiger partial charge >= 0.3 is 5.97 Å². The Labute approximate surface area is 170 Å². The molecule has 0 atom stereocenters. The molecule has 1 fully saturated rings. The Balaban J connectivity index is 1.70. The Morgan fingerprint density at radius 2 is 1.79 bits per heavy atom. The molecule has 29 heavy (non-hydrogen) atoms. The Hall–Kier alpha value is -3.08. The number of aromatic nitrogens is 1. The predicted molar refractivity (Wildman–Crippen MR) is 110 cm³/mol. The minimum atomic E-state index is -0.319. The summed E-state index contributed by atoms with van der Waals surface area (Å²) < 4.78 is 11.5. The molecule has 0 radical (unpaired) electrons. The van der Waals surface area contributed by atoms with Crippen molar-refractivity contribution in [1.29, 1.82) is 0 Å². The maximum atomic E-state index is 12.1. The number of rotatable bonds is 7. The van der Waals surface area contributed by atoms with Gasteiger partial charge in [0.15, 0.2) is 5.76 Å². The summed E-state index contributed by atoms with van der Waals surface area (Å²) in [6.07, 6.45) is 2.20. The van der Waals surface area contributed by atoms with Crippen molar-refractivity contribution in [2.75, 3.05) is 6.61 Å². The van der Waals surface area contributed by atoms with E-state index in [4.69, 9.17) is 9.26 Å². The minimum absolute atomic E-state index is 0.175. The lowest BCUT2D eigenvalue weighted by molar-refractivity contribution is -0.145. The Bertz CT molecular complexity index is 985. The largest absolute Gasteiger partial charge is 0.508 e. The molecule has 1 aliphatic rings. The van der Waals surface area contributed by atoms with Crippen molar-refractivity contribution in [2.45, 2.75) is 38.5 Å². The molecule has 0 aliphatic heterocycles. The van der Waals surface area contributed by atoms with Gasteiger partial charge in [-0.15, -0.1) is 0 Å². The maximum absolute atomic E-state index is 12.1. The van der Waals surface area contributed by atoms with Gasteiger partial charge in [0.25, 0.3) is 0 Å². The van der Waals surface area contributed by atoms with E-state index in [1.165, 1.54) is 0 Å². The highest BCUT2D eigenvalue weighted by Crippen LogP contribution is 2.53. The smallest absolute Gasteiger partial charge is 0.306 e. The van der Waals surface area contributed by atoms with Crippen LogP contribution in [0.1, 0.15) is 38.9 Å². The summed E-state index contributed by atoms with van der Waals surface area (Å²) in [7, 11) is 0. The highest BCUT2D eigenvalue weighted by Gasteiger charge is 2.51. The molecule has 1 aliphatic carbocycles. The van der Waals surface area contributed by atoms with Crippen LogP contribution in [0.3, 0.4) is 0 Å². The number of phenolic OH excluding ortho intramolecular Hbond substituents is 1. The molecular formula is C24H25NO4. The molecule has 1 N–H and O–H groups in total. The van der Waals surface area contributed by atoms with E-state index in [-0.39, 0.29) is 23.1 Å². The van der Waals surface area contributed by atoms with Crippen LogP contribution in [0.4, 0.5) is 0 Å². The lowest BCUT2D eigenvalue weighted by atomic mass is 9.92.